The Kier molecular flexibility index (Phi) is 6.72. The summed E-state index contributed by atoms with van der Waals surface area (Å²) in [6.07, 6.45) is 0. The molecule has 1 heterocycles. The van der Waals surface area contributed by atoms with Crippen molar-refractivity contribution in [3.63, 3.8) is 0 Å². The lowest BCUT2D eigenvalue weighted by Gasteiger charge is -2.35. The number of carbonyl (C=O) groups excluding carboxylic acids is 1. The molecule has 1 aliphatic heterocycles. The highest BCUT2D eigenvalue weighted by Gasteiger charge is 2.23. The molecule has 0 radical (unpaired) electrons. The molecule has 144 valence electrons. The third-order valence-corrected chi connectivity index (χ3v) is 5.06. The van der Waals surface area contributed by atoms with E-state index in [1.807, 2.05) is 14.1 Å². The van der Waals surface area contributed by atoms with Crippen LogP contribution in [0.2, 0.25) is 5.02 Å². The first-order valence-corrected chi connectivity index (χ1v) is 9.55. The molecule has 0 saturated carbocycles. The van der Waals surface area contributed by atoms with E-state index in [2.05, 4.69) is 39.4 Å². The van der Waals surface area contributed by atoms with E-state index in [1.54, 1.807) is 24.3 Å². The molecule has 1 amide bonds. The number of rotatable bonds is 6. The van der Waals surface area contributed by atoms with E-state index in [1.165, 1.54) is 5.56 Å². The van der Waals surface area contributed by atoms with Gasteiger partial charge in [0.2, 0.25) is 0 Å². The van der Waals surface area contributed by atoms with Crippen LogP contribution in [0.4, 0.5) is 5.69 Å². The van der Waals surface area contributed by atoms with Crippen LogP contribution in [0.15, 0.2) is 48.5 Å². The van der Waals surface area contributed by atoms with Gasteiger partial charge in [0, 0.05) is 50.0 Å². The highest BCUT2D eigenvalue weighted by Crippen LogP contribution is 2.24. The van der Waals surface area contributed by atoms with Gasteiger partial charge in [0.05, 0.1) is 19.3 Å². The van der Waals surface area contributed by atoms with Gasteiger partial charge in [0.1, 0.15) is 0 Å². The van der Waals surface area contributed by atoms with Crippen molar-refractivity contribution in [2.45, 2.75) is 6.04 Å². The zero-order valence-corrected chi connectivity index (χ0v) is 16.6. The lowest BCUT2D eigenvalue weighted by atomic mass is 10.0. The lowest BCUT2D eigenvalue weighted by molar-refractivity contribution is 0.0162. The quantitative estimate of drug-likeness (QED) is 0.826. The van der Waals surface area contributed by atoms with Crippen molar-refractivity contribution in [3.05, 3.63) is 64.7 Å². The van der Waals surface area contributed by atoms with Crippen LogP contribution in [0.5, 0.6) is 0 Å². The number of ether oxygens (including phenoxy) is 1. The van der Waals surface area contributed by atoms with Crippen LogP contribution < -0.4 is 10.2 Å². The number of nitrogens with one attached hydrogen (secondary N) is 1. The number of halogens is 1. The van der Waals surface area contributed by atoms with Gasteiger partial charge in [-0.2, -0.15) is 0 Å². The van der Waals surface area contributed by atoms with E-state index in [0.29, 0.717) is 30.3 Å². The third-order valence-electron chi connectivity index (χ3n) is 4.82. The molecule has 6 heteroatoms. The van der Waals surface area contributed by atoms with Gasteiger partial charge in [-0.25, -0.2) is 0 Å². The molecule has 1 atom stereocenters. The Morgan fingerprint density at radius 3 is 2.52 bits per heavy atom. The van der Waals surface area contributed by atoms with E-state index < -0.39 is 0 Å². The van der Waals surface area contributed by atoms with Gasteiger partial charge in [-0.1, -0.05) is 29.8 Å². The SMILES string of the molecule is CN(C)c1ccc([C@@H](CNC(=O)c2cccc(Cl)c2)N2CCOCC2)cc1. The fourth-order valence-electron chi connectivity index (χ4n) is 3.26. The van der Waals surface area contributed by atoms with Gasteiger partial charge in [-0.15, -0.1) is 0 Å². The first-order chi connectivity index (χ1) is 13.0. The minimum Gasteiger partial charge on any atom is -0.379 e. The molecular weight excluding hydrogens is 362 g/mol. The van der Waals surface area contributed by atoms with Crippen molar-refractivity contribution in [2.75, 3.05) is 51.8 Å². The maximum atomic E-state index is 12.5. The Hall–Kier alpha value is -2.08. The third kappa shape index (κ3) is 5.22. The standard InChI is InChI=1S/C21H26ClN3O2/c1-24(2)19-8-6-16(7-9-19)20(25-10-12-27-13-11-25)15-23-21(26)17-4-3-5-18(22)14-17/h3-9,14,20H,10-13,15H2,1-2H3,(H,23,26)/t20-/m1/s1. The van der Waals surface area contributed by atoms with Crippen LogP contribution in [-0.4, -0.2) is 57.8 Å². The van der Waals surface area contributed by atoms with Gasteiger partial charge in [-0.05, 0) is 35.9 Å². The van der Waals surface area contributed by atoms with E-state index in [0.717, 1.165) is 18.8 Å². The number of amides is 1. The molecule has 1 N–H and O–H groups in total. The van der Waals surface area contributed by atoms with E-state index in [-0.39, 0.29) is 11.9 Å². The second kappa shape index (κ2) is 9.22. The average Bonchev–Trinajstić information content (AvgIpc) is 2.69. The fraction of sp³-hybridized carbons (Fsp3) is 0.381. The molecular formula is C21H26ClN3O2. The Morgan fingerprint density at radius 2 is 1.89 bits per heavy atom. The Morgan fingerprint density at radius 1 is 1.19 bits per heavy atom. The number of hydrogen-bond donors (Lipinski definition) is 1. The van der Waals surface area contributed by atoms with Crippen molar-refractivity contribution in [2.24, 2.45) is 0 Å². The Balaban J connectivity index is 1.74. The average molecular weight is 388 g/mol. The largest absolute Gasteiger partial charge is 0.379 e. The molecule has 0 aromatic heterocycles. The molecule has 0 unspecified atom stereocenters. The number of carbonyl (C=O) groups is 1. The second-order valence-electron chi connectivity index (χ2n) is 6.87. The van der Waals surface area contributed by atoms with Crippen LogP contribution in [0.25, 0.3) is 0 Å². The number of anilines is 1. The summed E-state index contributed by atoms with van der Waals surface area (Å²) < 4.78 is 5.49. The molecule has 1 saturated heterocycles. The Bertz CT molecular complexity index is 758. The second-order valence-corrected chi connectivity index (χ2v) is 7.31. The van der Waals surface area contributed by atoms with Crippen LogP contribution >= 0.6 is 11.6 Å². The van der Waals surface area contributed by atoms with Crippen molar-refractivity contribution in [1.29, 1.82) is 0 Å². The number of nitrogens with zero attached hydrogens (tertiary/aromatic N) is 2. The summed E-state index contributed by atoms with van der Waals surface area (Å²) in [6.45, 7) is 3.68. The van der Waals surface area contributed by atoms with Gasteiger partial charge in [0.15, 0.2) is 0 Å². The highest BCUT2D eigenvalue weighted by molar-refractivity contribution is 6.30. The van der Waals surface area contributed by atoms with Gasteiger partial charge in [-0.3, -0.25) is 9.69 Å². The van der Waals surface area contributed by atoms with Gasteiger partial charge in [0.25, 0.3) is 5.91 Å². The predicted molar refractivity (Wildman–Crippen MR) is 110 cm³/mol. The molecule has 5 nitrogen and oxygen atoms in total. The molecule has 1 aliphatic rings. The molecule has 1 fully saturated rings. The van der Waals surface area contributed by atoms with Gasteiger partial charge >= 0.3 is 0 Å². The molecule has 0 aliphatic carbocycles. The summed E-state index contributed by atoms with van der Waals surface area (Å²) in [6, 6.07) is 15.6. The molecule has 3 rings (SSSR count). The summed E-state index contributed by atoms with van der Waals surface area (Å²) in [7, 11) is 4.05. The van der Waals surface area contributed by atoms with E-state index >= 15 is 0 Å². The monoisotopic (exact) mass is 387 g/mol. The number of benzene rings is 2. The number of morpholine rings is 1. The van der Waals surface area contributed by atoms with Crippen LogP contribution in [0.1, 0.15) is 22.0 Å². The maximum absolute atomic E-state index is 12.5. The predicted octanol–water partition coefficient (Wildman–Crippen LogP) is 3.21. The minimum atomic E-state index is -0.110. The number of hydrogen-bond acceptors (Lipinski definition) is 4. The summed E-state index contributed by atoms with van der Waals surface area (Å²) in [5, 5.41) is 3.63. The topological polar surface area (TPSA) is 44.8 Å². The molecule has 2 aromatic carbocycles. The van der Waals surface area contributed by atoms with E-state index in [9.17, 15) is 4.79 Å². The first-order valence-electron chi connectivity index (χ1n) is 9.17. The minimum absolute atomic E-state index is 0.105. The van der Waals surface area contributed by atoms with Crippen LogP contribution in [0, 0.1) is 0 Å². The molecule has 0 spiro atoms. The smallest absolute Gasteiger partial charge is 0.251 e. The summed E-state index contributed by atoms with van der Waals surface area (Å²) in [5.74, 6) is -0.110. The van der Waals surface area contributed by atoms with Crippen molar-refractivity contribution < 1.29 is 9.53 Å². The normalized spacial score (nSPS) is 16.0. The molecule has 27 heavy (non-hydrogen) atoms. The lowest BCUT2D eigenvalue weighted by Crippen LogP contribution is -2.43. The summed E-state index contributed by atoms with van der Waals surface area (Å²) in [5.41, 5.74) is 2.92. The zero-order chi connectivity index (χ0) is 19.2. The zero-order valence-electron chi connectivity index (χ0n) is 15.8. The highest BCUT2D eigenvalue weighted by atomic mass is 35.5. The maximum Gasteiger partial charge on any atom is 0.251 e. The summed E-state index contributed by atoms with van der Waals surface area (Å²) in [4.78, 5) is 17.0. The van der Waals surface area contributed by atoms with Crippen molar-refractivity contribution in [3.8, 4) is 0 Å². The van der Waals surface area contributed by atoms with Crippen LogP contribution in [0.3, 0.4) is 0 Å². The van der Waals surface area contributed by atoms with Crippen molar-refractivity contribution >= 4 is 23.2 Å². The fourth-order valence-corrected chi connectivity index (χ4v) is 3.45. The van der Waals surface area contributed by atoms with E-state index in [4.69, 9.17) is 16.3 Å². The van der Waals surface area contributed by atoms with Crippen LogP contribution in [-0.2, 0) is 4.74 Å². The molecule has 0 bridgehead atoms. The Labute approximate surface area is 165 Å². The first kappa shape index (κ1) is 19.7. The van der Waals surface area contributed by atoms with Gasteiger partial charge < -0.3 is 15.0 Å². The summed E-state index contributed by atoms with van der Waals surface area (Å²) >= 11 is 6.00. The van der Waals surface area contributed by atoms with Crippen molar-refractivity contribution in [1.82, 2.24) is 10.2 Å². The molecule has 2 aromatic rings.